The molecule has 0 radical (unpaired) electrons. The zero-order valence-corrected chi connectivity index (χ0v) is 14.0. The lowest BCUT2D eigenvalue weighted by atomic mass is 10.1. The van der Waals surface area contributed by atoms with Crippen LogP contribution in [0.3, 0.4) is 0 Å². The minimum absolute atomic E-state index is 0.0446. The van der Waals surface area contributed by atoms with Gasteiger partial charge in [0.15, 0.2) is 11.2 Å². The molecule has 1 aromatic carbocycles. The third kappa shape index (κ3) is 2.96. The van der Waals surface area contributed by atoms with Crippen molar-refractivity contribution in [3.63, 3.8) is 0 Å². The molecule has 4 rings (SSSR count). The SMILES string of the molecule is O=C(Cn1cnc2c(nnn2-c2cccc(F)c2)c1=O)N1CCCCC1. The van der Waals surface area contributed by atoms with Gasteiger partial charge in [-0.15, -0.1) is 5.10 Å². The second-order valence-electron chi connectivity index (χ2n) is 6.27. The Bertz CT molecular complexity index is 1020. The van der Waals surface area contributed by atoms with Gasteiger partial charge >= 0.3 is 0 Å². The molecule has 26 heavy (non-hydrogen) atoms. The summed E-state index contributed by atoms with van der Waals surface area (Å²) in [6.07, 6.45) is 4.41. The van der Waals surface area contributed by atoms with Crippen LogP contribution in [0.25, 0.3) is 16.9 Å². The van der Waals surface area contributed by atoms with Crippen LogP contribution < -0.4 is 5.56 Å². The molecule has 0 saturated carbocycles. The number of likely N-dealkylation sites (tertiary alicyclic amines) is 1. The summed E-state index contributed by atoms with van der Waals surface area (Å²) in [7, 11) is 0. The van der Waals surface area contributed by atoms with Gasteiger partial charge in [0.25, 0.3) is 5.56 Å². The molecular formula is C17H17FN6O2. The maximum atomic E-state index is 13.4. The Labute approximate surface area is 147 Å². The highest BCUT2D eigenvalue weighted by Gasteiger charge is 2.19. The number of rotatable bonds is 3. The van der Waals surface area contributed by atoms with Crippen molar-refractivity contribution < 1.29 is 9.18 Å². The number of hydrogen-bond acceptors (Lipinski definition) is 5. The van der Waals surface area contributed by atoms with Crippen molar-refractivity contribution in [3.05, 3.63) is 46.8 Å². The highest BCUT2D eigenvalue weighted by Crippen LogP contribution is 2.13. The summed E-state index contributed by atoms with van der Waals surface area (Å²) in [4.78, 5) is 31.0. The predicted octanol–water partition coefficient (Wildman–Crippen LogP) is 1.13. The molecular weight excluding hydrogens is 339 g/mol. The minimum Gasteiger partial charge on any atom is -0.341 e. The van der Waals surface area contributed by atoms with Crippen LogP contribution in [-0.4, -0.2) is 48.4 Å². The van der Waals surface area contributed by atoms with Crippen LogP contribution in [0.4, 0.5) is 4.39 Å². The van der Waals surface area contributed by atoms with Gasteiger partial charge in [0.05, 0.1) is 5.69 Å². The van der Waals surface area contributed by atoms with Crippen molar-refractivity contribution in [2.24, 2.45) is 0 Å². The Morgan fingerprint density at radius 2 is 2.00 bits per heavy atom. The van der Waals surface area contributed by atoms with Crippen LogP contribution >= 0.6 is 0 Å². The predicted molar refractivity (Wildman–Crippen MR) is 91.3 cm³/mol. The van der Waals surface area contributed by atoms with Crippen molar-refractivity contribution in [1.29, 1.82) is 0 Å². The van der Waals surface area contributed by atoms with Gasteiger partial charge in [-0.25, -0.2) is 9.37 Å². The Morgan fingerprint density at radius 1 is 1.19 bits per heavy atom. The Morgan fingerprint density at radius 3 is 2.77 bits per heavy atom. The second kappa shape index (κ2) is 6.66. The number of nitrogens with zero attached hydrogens (tertiary/aromatic N) is 6. The molecule has 8 nitrogen and oxygen atoms in total. The average molecular weight is 356 g/mol. The number of amides is 1. The van der Waals surface area contributed by atoms with E-state index in [9.17, 15) is 14.0 Å². The van der Waals surface area contributed by atoms with Crippen molar-refractivity contribution in [3.8, 4) is 5.69 Å². The van der Waals surface area contributed by atoms with Gasteiger partial charge in [0.1, 0.15) is 18.7 Å². The van der Waals surface area contributed by atoms with E-state index >= 15 is 0 Å². The number of fused-ring (bicyclic) bond motifs is 1. The fraction of sp³-hybridized carbons (Fsp3) is 0.353. The largest absolute Gasteiger partial charge is 0.341 e. The molecule has 1 aliphatic heterocycles. The topological polar surface area (TPSA) is 85.9 Å². The molecule has 134 valence electrons. The van der Waals surface area contributed by atoms with Crippen LogP contribution in [0.2, 0.25) is 0 Å². The monoisotopic (exact) mass is 356 g/mol. The minimum atomic E-state index is -0.442. The van der Waals surface area contributed by atoms with Crippen LogP contribution in [0.15, 0.2) is 35.4 Å². The van der Waals surface area contributed by atoms with E-state index in [-0.39, 0.29) is 23.6 Å². The van der Waals surface area contributed by atoms with E-state index < -0.39 is 11.4 Å². The van der Waals surface area contributed by atoms with E-state index in [2.05, 4.69) is 15.3 Å². The lowest BCUT2D eigenvalue weighted by molar-refractivity contribution is -0.132. The van der Waals surface area contributed by atoms with E-state index in [1.165, 1.54) is 33.8 Å². The van der Waals surface area contributed by atoms with E-state index in [1.54, 1.807) is 11.0 Å². The van der Waals surface area contributed by atoms with Gasteiger partial charge < -0.3 is 4.90 Å². The van der Waals surface area contributed by atoms with E-state index in [0.717, 1.165) is 32.4 Å². The first-order valence-corrected chi connectivity index (χ1v) is 8.48. The molecule has 3 heterocycles. The first kappa shape index (κ1) is 16.4. The normalized spacial score (nSPS) is 14.7. The van der Waals surface area contributed by atoms with E-state index in [1.807, 2.05) is 0 Å². The number of piperidine rings is 1. The first-order valence-electron chi connectivity index (χ1n) is 8.48. The third-order valence-electron chi connectivity index (χ3n) is 4.50. The fourth-order valence-corrected chi connectivity index (χ4v) is 3.13. The van der Waals surface area contributed by atoms with Gasteiger partial charge in [-0.3, -0.25) is 14.2 Å². The molecule has 0 N–H and O–H groups in total. The molecule has 1 fully saturated rings. The van der Waals surface area contributed by atoms with Crippen molar-refractivity contribution in [2.75, 3.05) is 13.1 Å². The van der Waals surface area contributed by atoms with Gasteiger partial charge in [-0.05, 0) is 37.5 Å². The summed E-state index contributed by atoms with van der Waals surface area (Å²) in [5.41, 5.74) is 0.245. The fourth-order valence-electron chi connectivity index (χ4n) is 3.13. The van der Waals surface area contributed by atoms with Crippen LogP contribution in [0.5, 0.6) is 0 Å². The molecule has 2 aromatic heterocycles. The maximum absolute atomic E-state index is 13.4. The molecule has 1 amide bonds. The van der Waals surface area contributed by atoms with E-state index in [4.69, 9.17) is 0 Å². The van der Waals surface area contributed by atoms with E-state index in [0.29, 0.717) is 5.69 Å². The summed E-state index contributed by atoms with van der Waals surface area (Å²) < 4.78 is 16.0. The van der Waals surface area contributed by atoms with Gasteiger partial charge in [0, 0.05) is 13.1 Å². The zero-order valence-electron chi connectivity index (χ0n) is 14.0. The summed E-state index contributed by atoms with van der Waals surface area (Å²) in [6.45, 7) is 1.37. The Kier molecular flexibility index (Phi) is 4.19. The Hall–Kier alpha value is -3.10. The highest BCUT2D eigenvalue weighted by atomic mass is 19.1. The average Bonchev–Trinajstić information content (AvgIpc) is 3.09. The molecule has 0 spiro atoms. The zero-order chi connectivity index (χ0) is 18.1. The van der Waals surface area contributed by atoms with Crippen molar-refractivity contribution >= 4 is 17.1 Å². The van der Waals surface area contributed by atoms with Gasteiger partial charge in [-0.2, -0.15) is 4.68 Å². The molecule has 1 saturated heterocycles. The highest BCUT2D eigenvalue weighted by molar-refractivity contribution is 5.77. The number of aromatic nitrogens is 5. The number of carbonyl (C=O) groups is 1. The second-order valence-corrected chi connectivity index (χ2v) is 6.27. The molecule has 0 aliphatic carbocycles. The quantitative estimate of drug-likeness (QED) is 0.702. The summed E-state index contributed by atoms with van der Waals surface area (Å²) in [5, 5.41) is 7.78. The van der Waals surface area contributed by atoms with Crippen LogP contribution in [-0.2, 0) is 11.3 Å². The van der Waals surface area contributed by atoms with Crippen LogP contribution in [0, 0.1) is 5.82 Å². The third-order valence-corrected chi connectivity index (χ3v) is 4.50. The van der Waals surface area contributed by atoms with Crippen LogP contribution in [0.1, 0.15) is 19.3 Å². The first-order chi connectivity index (χ1) is 12.6. The number of halogens is 1. The number of carbonyl (C=O) groups excluding carboxylic acids is 1. The molecule has 9 heteroatoms. The Balaban J connectivity index is 1.66. The van der Waals surface area contributed by atoms with Crippen molar-refractivity contribution in [1.82, 2.24) is 29.4 Å². The van der Waals surface area contributed by atoms with Crippen molar-refractivity contribution in [2.45, 2.75) is 25.8 Å². The lowest BCUT2D eigenvalue weighted by Crippen LogP contribution is -2.39. The number of hydrogen-bond donors (Lipinski definition) is 0. The molecule has 0 bridgehead atoms. The summed E-state index contributed by atoms with van der Waals surface area (Å²) in [5.74, 6) is -0.530. The smallest absolute Gasteiger partial charge is 0.284 e. The van der Waals surface area contributed by atoms with Gasteiger partial charge in [0.2, 0.25) is 5.91 Å². The summed E-state index contributed by atoms with van der Waals surface area (Å²) >= 11 is 0. The molecule has 0 atom stereocenters. The molecule has 0 unspecified atom stereocenters. The van der Waals surface area contributed by atoms with Gasteiger partial charge in [-0.1, -0.05) is 11.3 Å². The molecule has 1 aliphatic rings. The number of benzene rings is 1. The summed E-state index contributed by atoms with van der Waals surface area (Å²) in [6, 6.07) is 5.78. The standard InChI is InChI=1S/C17H17FN6O2/c18-12-5-4-6-13(9-12)24-16-15(20-21-24)17(26)23(11-19-16)10-14(25)22-7-2-1-3-8-22/h4-6,9,11H,1-3,7-8,10H2. The molecule has 3 aromatic rings. The lowest BCUT2D eigenvalue weighted by Gasteiger charge is -2.26. The maximum Gasteiger partial charge on any atom is 0.284 e.